The summed E-state index contributed by atoms with van der Waals surface area (Å²) in [6.45, 7) is 4.04. The smallest absolute Gasteiger partial charge is 0.183 e. The molecule has 1 fully saturated rings. The molecule has 0 unspecified atom stereocenters. The molecule has 2 N–H and O–H groups in total. The first-order valence-electron chi connectivity index (χ1n) is 7.60. The van der Waals surface area contributed by atoms with Gasteiger partial charge >= 0.3 is 0 Å². The second-order valence-electron chi connectivity index (χ2n) is 6.02. The van der Waals surface area contributed by atoms with Gasteiger partial charge in [0.2, 0.25) is 0 Å². The average Bonchev–Trinajstić information content (AvgIpc) is 3.20. The number of rotatable bonds is 4. The Morgan fingerprint density at radius 2 is 1.59 bits per heavy atom. The monoisotopic (exact) mass is 315 g/mol. The Hall–Kier alpha value is -1.65. The number of hydrogen-bond donors (Lipinski definition) is 1. The molecule has 0 heterocycles. The predicted octanol–water partition coefficient (Wildman–Crippen LogP) is 2.82. The van der Waals surface area contributed by atoms with E-state index in [1.54, 1.807) is 12.1 Å². The van der Waals surface area contributed by atoms with Crippen LogP contribution in [0.1, 0.15) is 29.5 Å². The molecule has 22 heavy (non-hydrogen) atoms. The zero-order chi connectivity index (χ0) is 15.9. The van der Waals surface area contributed by atoms with Gasteiger partial charge < -0.3 is 5.73 Å². The van der Waals surface area contributed by atoms with Crippen molar-refractivity contribution in [3.05, 3.63) is 65.2 Å². The molecule has 0 radical (unpaired) electrons. The SMILES string of the molecule is CCc1ccc([C@H]2[C@@H](N)[C@@H]2S(=O)(=O)c2ccc(C)cc2)cc1. The van der Waals surface area contributed by atoms with E-state index in [0.29, 0.717) is 4.90 Å². The molecule has 0 amide bonds. The molecule has 3 rings (SSSR count). The van der Waals surface area contributed by atoms with Gasteiger partial charge in [-0.05, 0) is 36.6 Å². The fourth-order valence-corrected chi connectivity index (χ4v) is 5.02. The van der Waals surface area contributed by atoms with Crippen molar-refractivity contribution in [3.63, 3.8) is 0 Å². The fraction of sp³-hybridized carbons (Fsp3) is 0.333. The van der Waals surface area contributed by atoms with Gasteiger partial charge in [0.1, 0.15) is 0 Å². The summed E-state index contributed by atoms with van der Waals surface area (Å²) in [6, 6.07) is 14.8. The third-order valence-corrected chi connectivity index (χ3v) is 6.74. The highest BCUT2D eigenvalue weighted by Gasteiger charge is 2.57. The second-order valence-corrected chi connectivity index (χ2v) is 8.13. The summed E-state index contributed by atoms with van der Waals surface area (Å²) in [5.74, 6) is -0.0998. The molecule has 0 aromatic heterocycles. The predicted molar refractivity (Wildman–Crippen MR) is 88.7 cm³/mol. The zero-order valence-electron chi connectivity index (χ0n) is 12.9. The van der Waals surface area contributed by atoms with Crippen molar-refractivity contribution in [3.8, 4) is 0 Å². The largest absolute Gasteiger partial charge is 0.326 e. The van der Waals surface area contributed by atoms with Crippen LogP contribution >= 0.6 is 0 Å². The van der Waals surface area contributed by atoms with Gasteiger partial charge in [-0.3, -0.25) is 0 Å². The number of nitrogens with two attached hydrogens (primary N) is 1. The lowest BCUT2D eigenvalue weighted by Gasteiger charge is -2.05. The molecular weight excluding hydrogens is 294 g/mol. The summed E-state index contributed by atoms with van der Waals surface area (Å²) < 4.78 is 25.5. The lowest BCUT2D eigenvalue weighted by atomic mass is 10.1. The molecule has 3 nitrogen and oxygen atoms in total. The summed E-state index contributed by atoms with van der Waals surface area (Å²) >= 11 is 0. The highest BCUT2D eigenvalue weighted by atomic mass is 32.2. The number of benzene rings is 2. The highest BCUT2D eigenvalue weighted by molar-refractivity contribution is 7.92. The van der Waals surface area contributed by atoms with E-state index < -0.39 is 15.1 Å². The van der Waals surface area contributed by atoms with E-state index in [4.69, 9.17) is 5.73 Å². The topological polar surface area (TPSA) is 60.2 Å². The molecule has 0 aliphatic heterocycles. The van der Waals surface area contributed by atoms with Crippen molar-refractivity contribution in [1.29, 1.82) is 0 Å². The number of aryl methyl sites for hydroxylation is 2. The van der Waals surface area contributed by atoms with E-state index in [-0.39, 0.29) is 12.0 Å². The lowest BCUT2D eigenvalue weighted by molar-refractivity contribution is 0.593. The minimum atomic E-state index is -3.37. The Morgan fingerprint density at radius 1 is 1.00 bits per heavy atom. The second kappa shape index (κ2) is 5.52. The number of sulfone groups is 1. The van der Waals surface area contributed by atoms with Crippen molar-refractivity contribution in [2.24, 2.45) is 5.73 Å². The molecule has 0 bridgehead atoms. The van der Waals surface area contributed by atoms with Crippen LogP contribution in [-0.2, 0) is 16.3 Å². The maximum absolute atomic E-state index is 12.7. The summed E-state index contributed by atoms with van der Waals surface area (Å²) in [4.78, 5) is 0.367. The molecule has 0 spiro atoms. The van der Waals surface area contributed by atoms with Crippen molar-refractivity contribution in [2.45, 2.75) is 42.4 Å². The van der Waals surface area contributed by atoms with Crippen molar-refractivity contribution >= 4 is 9.84 Å². The fourth-order valence-electron chi connectivity index (χ4n) is 2.98. The minimum absolute atomic E-state index is 0.0998. The first kappa shape index (κ1) is 15.3. The molecule has 2 aromatic rings. The molecule has 1 aliphatic carbocycles. The first-order valence-corrected chi connectivity index (χ1v) is 9.14. The standard InChI is InChI=1S/C18H21NO2S/c1-3-13-6-8-14(9-7-13)16-17(19)18(16)22(20,21)15-10-4-12(2)5-11-15/h4-11,16-18H,3,19H2,1-2H3/t16-,17+,18+/m0/s1. The maximum atomic E-state index is 12.7. The van der Waals surface area contributed by atoms with Gasteiger partial charge in [-0.25, -0.2) is 8.42 Å². The third-order valence-electron chi connectivity index (χ3n) is 4.49. The highest BCUT2D eigenvalue weighted by Crippen LogP contribution is 2.47. The Labute approximate surface area is 132 Å². The van der Waals surface area contributed by atoms with E-state index in [2.05, 4.69) is 19.1 Å². The summed E-state index contributed by atoms with van der Waals surface area (Å²) in [5, 5.41) is -0.511. The zero-order valence-corrected chi connectivity index (χ0v) is 13.7. The van der Waals surface area contributed by atoms with E-state index in [0.717, 1.165) is 17.5 Å². The quantitative estimate of drug-likeness (QED) is 0.944. The minimum Gasteiger partial charge on any atom is -0.326 e. The Morgan fingerprint density at radius 3 is 2.14 bits per heavy atom. The summed E-state index contributed by atoms with van der Waals surface area (Å²) in [7, 11) is -3.37. The van der Waals surface area contributed by atoms with Gasteiger partial charge in [-0.1, -0.05) is 48.9 Å². The molecule has 1 saturated carbocycles. The van der Waals surface area contributed by atoms with E-state index in [1.807, 2.05) is 31.2 Å². The molecule has 2 aromatic carbocycles. The summed E-state index contributed by atoms with van der Waals surface area (Å²) in [6.07, 6.45) is 0.974. The van der Waals surface area contributed by atoms with Crippen LogP contribution in [0.15, 0.2) is 53.4 Å². The molecule has 3 atom stereocenters. The van der Waals surface area contributed by atoms with Crippen LogP contribution in [0.25, 0.3) is 0 Å². The van der Waals surface area contributed by atoms with Crippen LogP contribution < -0.4 is 5.73 Å². The average molecular weight is 315 g/mol. The van der Waals surface area contributed by atoms with Gasteiger partial charge in [0, 0.05) is 12.0 Å². The Bertz CT molecular complexity index is 764. The van der Waals surface area contributed by atoms with Gasteiger partial charge in [-0.15, -0.1) is 0 Å². The Kier molecular flexibility index (Phi) is 3.83. The molecular formula is C18H21NO2S. The Balaban J connectivity index is 1.87. The van der Waals surface area contributed by atoms with Crippen LogP contribution in [-0.4, -0.2) is 19.7 Å². The van der Waals surface area contributed by atoms with E-state index >= 15 is 0 Å². The maximum Gasteiger partial charge on any atom is 0.183 e. The van der Waals surface area contributed by atoms with Crippen molar-refractivity contribution in [2.75, 3.05) is 0 Å². The van der Waals surface area contributed by atoms with Gasteiger partial charge in [0.25, 0.3) is 0 Å². The van der Waals surface area contributed by atoms with Crippen molar-refractivity contribution < 1.29 is 8.42 Å². The first-order chi connectivity index (χ1) is 10.4. The molecule has 0 saturated heterocycles. The molecule has 4 heteroatoms. The van der Waals surface area contributed by atoms with Gasteiger partial charge in [-0.2, -0.15) is 0 Å². The van der Waals surface area contributed by atoms with Crippen LogP contribution in [0, 0.1) is 6.92 Å². The van der Waals surface area contributed by atoms with Crippen LogP contribution in [0.5, 0.6) is 0 Å². The van der Waals surface area contributed by atoms with Gasteiger partial charge in [0.05, 0.1) is 10.1 Å². The van der Waals surface area contributed by atoms with Crippen molar-refractivity contribution in [1.82, 2.24) is 0 Å². The van der Waals surface area contributed by atoms with Crippen LogP contribution in [0.4, 0.5) is 0 Å². The van der Waals surface area contributed by atoms with E-state index in [1.165, 1.54) is 5.56 Å². The number of hydrogen-bond acceptors (Lipinski definition) is 3. The molecule has 1 aliphatic rings. The summed E-state index contributed by atoms with van der Waals surface area (Å²) in [5.41, 5.74) is 9.40. The van der Waals surface area contributed by atoms with Crippen LogP contribution in [0.3, 0.4) is 0 Å². The molecule has 116 valence electrons. The van der Waals surface area contributed by atoms with E-state index in [9.17, 15) is 8.42 Å². The third kappa shape index (κ3) is 2.57. The lowest BCUT2D eigenvalue weighted by Crippen LogP contribution is -2.15. The van der Waals surface area contributed by atoms with Crippen LogP contribution in [0.2, 0.25) is 0 Å². The normalized spacial score (nSPS) is 24.2. The van der Waals surface area contributed by atoms with Gasteiger partial charge in [0.15, 0.2) is 9.84 Å².